The van der Waals surface area contributed by atoms with Crippen LogP contribution in [-0.2, 0) is 4.79 Å². The lowest BCUT2D eigenvalue weighted by atomic mass is 9.78. The molecule has 1 saturated carbocycles. The van der Waals surface area contributed by atoms with E-state index in [-0.39, 0.29) is 11.9 Å². The van der Waals surface area contributed by atoms with Crippen molar-refractivity contribution < 1.29 is 9.53 Å². The van der Waals surface area contributed by atoms with Crippen molar-refractivity contribution in [2.75, 3.05) is 12.9 Å². The quantitative estimate of drug-likeness (QED) is 0.701. The zero-order valence-corrected chi connectivity index (χ0v) is 17.4. The predicted octanol–water partition coefficient (Wildman–Crippen LogP) is 4.17. The monoisotopic (exact) mass is 408 g/mol. The Labute approximate surface area is 168 Å². The van der Waals surface area contributed by atoms with Crippen molar-refractivity contribution in [3.05, 3.63) is 23.2 Å². The first-order valence-electron chi connectivity index (χ1n) is 9.16. The highest BCUT2D eigenvalue weighted by Gasteiger charge is 2.28. The van der Waals surface area contributed by atoms with Crippen molar-refractivity contribution in [1.29, 1.82) is 0 Å². The number of carbonyl (C=O) groups is 1. The van der Waals surface area contributed by atoms with Crippen LogP contribution in [0.1, 0.15) is 33.1 Å². The van der Waals surface area contributed by atoms with Gasteiger partial charge in [-0.05, 0) is 36.5 Å². The molecule has 0 bridgehead atoms. The summed E-state index contributed by atoms with van der Waals surface area (Å²) in [7, 11) is 1.59. The molecule has 1 heterocycles. The van der Waals surface area contributed by atoms with Gasteiger partial charge in [0.2, 0.25) is 11.1 Å². The summed E-state index contributed by atoms with van der Waals surface area (Å²) in [5.74, 6) is 2.70. The fraction of sp³-hybridized carbons (Fsp3) is 0.526. The van der Waals surface area contributed by atoms with Gasteiger partial charge >= 0.3 is 0 Å². The lowest BCUT2D eigenvalue weighted by Gasteiger charge is -2.34. The molecular formula is C19H25ClN4O2S. The van der Waals surface area contributed by atoms with Crippen LogP contribution in [-0.4, -0.2) is 40.0 Å². The van der Waals surface area contributed by atoms with Crippen LogP contribution >= 0.6 is 23.4 Å². The minimum absolute atomic E-state index is 0.0256. The normalized spacial score (nSPS) is 22.4. The van der Waals surface area contributed by atoms with E-state index < -0.39 is 0 Å². The summed E-state index contributed by atoms with van der Waals surface area (Å²) in [5, 5.41) is 11.4. The third-order valence-electron chi connectivity index (χ3n) is 5.27. The highest BCUT2D eigenvalue weighted by molar-refractivity contribution is 7.99. The van der Waals surface area contributed by atoms with E-state index in [4.69, 9.17) is 16.3 Å². The number of aromatic nitrogens is 3. The standard InChI is InChI=1S/C19H25ClN4O2S/c1-11-5-4-6-15(12(11)2)21-17(25)10-27-19-22-18(23-24-19)14-9-13(20)7-8-16(14)26-3/h7-9,11-12,15H,4-6,10H2,1-3H3,(H,21,25)(H,22,23,24)/t11-,12-,15+/m1/s1. The summed E-state index contributed by atoms with van der Waals surface area (Å²) >= 11 is 7.38. The van der Waals surface area contributed by atoms with Crippen molar-refractivity contribution in [1.82, 2.24) is 20.5 Å². The van der Waals surface area contributed by atoms with E-state index in [9.17, 15) is 4.79 Å². The van der Waals surface area contributed by atoms with Crippen LogP contribution in [0.4, 0.5) is 0 Å². The van der Waals surface area contributed by atoms with Gasteiger partial charge in [0.1, 0.15) is 5.75 Å². The summed E-state index contributed by atoms with van der Waals surface area (Å²) in [5.41, 5.74) is 0.735. The number of carbonyl (C=O) groups excluding carboxylic acids is 1. The van der Waals surface area contributed by atoms with Gasteiger partial charge in [0.15, 0.2) is 5.82 Å². The van der Waals surface area contributed by atoms with E-state index in [0.29, 0.717) is 39.3 Å². The molecule has 27 heavy (non-hydrogen) atoms. The number of nitrogens with zero attached hydrogens (tertiary/aromatic N) is 2. The number of aromatic amines is 1. The van der Waals surface area contributed by atoms with Crippen LogP contribution in [0, 0.1) is 11.8 Å². The van der Waals surface area contributed by atoms with Crippen LogP contribution in [0.25, 0.3) is 11.4 Å². The van der Waals surface area contributed by atoms with Crippen LogP contribution in [0.2, 0.25) is 5.02 Å². The lowest BCUT2D eigenvalue weighted by molar-refractivity contribution is -0.120. The average molecular weight is 409 g/mol. The zero-order chi connectivity index (χ0) is 19.4. The van der Waals surface area contributed by atoms with E-state index in [0.717, 1.165) is 12.0 Å². The Morgan fingerprint density at radius 2 is 2.22 bits per heavy atom. The van der Waals surface area contributed by atoms with E-state index in [1.54, 1.807) is 25.3 Å². The molecule has 1 aromatic carbocycles. The Hall–Kier alpha value is -1.73. The second-order valence-corrected chi connectivity index (χ2v) is 8.42. The van der Waals surface area contributed by atoms with Crippen LogP contribution in [0.5, 0.6) is 5.75 Å². The Kier molecular flexibility index (Phi) is 6.65. The molecule has 3 atom stereocenters. The number of nitrogens with one attached hydrogen (secondary N) is 2. The molecule has 0 spiro atoms. The van der Waals surface area contributed by atoms with Crippen LogP contribution in [0.3, 0.4) is 0 Å². The van der Waals surface area contributed by atoms with Gasteiger partial charge in [-0.1, -0.05) is 50.1 Å². The van der Waals surface area contributed by atoms with Gasteiger partial charge in [-0.15, -0.1) is 5.10 Å². The molecule has 0 radical (unpaired) electrons. The van der Waals surface area contributed by atoms with E-state index in [1.165, 1.54) is 24.6 Å². The first-order valence-corrected chi connectivity index (χ1v) is 10.5. The molecular weight excluding hydrogens is 384 g/mol. The maximum Gasteiger partial charge on any atom is 0.230 e. The fourth-order valence-electron chi connectivity index (χ4n) is 3.46. The van der Waals surface area contributed by atoms with Crippen molar-refractivity contribution in [3.8, 4) is 17.1 Å². The minimum atomic E-state index is 0.0256. The number of ether oxygens (including phenoxy) is 1. The molecule has 2 aromatic rings. The summed E-state index contributed by atoms with van der Waals surface area (Å²) in [4.78, 5) is 16.8. The summed E-state index contributed by atoms with van der Waals surface area (Å²) < 4.78 is 5.35. The maximum absolute atomic E-state index is 12.3. The second-order valence-electron chi connectivity index (χ2n) is 7.04. The molecule has 2 N–H and O–H groups in total. The van der Waals surface area contributed by atoms with Crippen molar-refractivity contribution >= 4 is 29.3 Å². The molecule has 1 aliphatic carbocycles. The second kappa shape index (κ2) is 8.97. The molecule has 1 aromatic heterocycles. The fourth-order valence-corrected chi connectivity index (χ4v) is 4.24. The highest BCUT2D eigenvalue weighted by atomic mass is 35.5. The molecule has 1 aliphatic rings. The van der Waals surface area contributed by atoms with Gasteiger partial charge in [-0.2, -0.15) is 0 Å². The largest absolute Gasteiger partial charge is 0.496 e. The minimum Gasteiger partial charge on any atom is -0.496 e. The van der Waals surface area contributed by atoms with Gasteiger partial charge < -0.3 is 10.1 Å². The Morgan fingerprint density at radius 3 is 3.00 bits per heavy atom. The topological polar surface area (TPSA) is 79.9 Å². The maximum atomic E-state index is 12.3. The van der Waals surface area contributed by atoms with E-state index >= 15 is 0 Å². The number of H-pyrrole nitrogens is 1. The van der Waals surface area contributed by atoms with Gasteiger partial charge in [0.05, 0.1) is 18.4 Å². The van der Waals surface area contributed by atoms with Gasteiger partial charge in [-0.25, -0.2) is 4.98 Å². The summed E-state index contributed by atoms with van der Waals surface area (Å²) in [6, 6.07) is 5.58. The van der Waals surface area contributed by atoms with E-state index in [2.05, 4.69) is 34.3 Å². The average Bonchev–Trinajstić information content (AvgIpc) is 3.13. The Morgan fingerprint density at radius 1 is 1.41 bits per heavy atom. The Bertz CT molecular complexity index is 798. The molecule has 8 heteroatoms. The zero-order valence-electron chi connectivity index (χ0n) is 15.8. The molecule has 3 rings (SSSR count). The molecule has 6 nitrogen and oxygen atoms in total. The molecule has 0 saturated heterocycles. The number of halogens is 1. The lowest BCUT2D eigenvalue weighted by Crippen LogP contribution is -2.44. The molecule has 1 fully saturated rings. The number of thioether (sulfide) groups is 1. The number of amides is 1. The number of benzene rings is 1. The van der Waals surface area contributed by atoms with Crippen LogP contribution in [0.15, 0.2) is 23.4 Å². The number of hydrogen-bond acceptors (Lipinski definition) is 5. The van der Waals surface area contributed by atoms with Crippen LogP contribution < -0.4 is 10.1 Å². The van der Waals surface area contributed by atoms with E-state index in [1.807, 2.05) is 0 Å². The number of methoxy groups -OCH3 is 1. The van der Waals surface area contributed by atoms with Gasteiger partial charge in [0, 0.05) is 11.1 Å². The first kappa shape index (κ1) is 20.0. The van der Waals surface area contributed by atoms with Gasteiger partial charge in [0.25, 0.3) is 0 Å². The van der Waals surface area contributed by atoms with Crippen molar-refractivity contribution in [2.45, 2.75) is 44.3 Å². The summed E-state index contributed by atoms with van der Waals surface area (Å²) in [6.45, 7) is 4.48. The predicted molar refractivity (Wildman–Crippen MR) is 108 cm³/mol. The number of rotatable bonds is 6. The first-order chi connectivity index (χ1) is 13.0. The molecule has 0 aliphatic heterocycles. The third kappa shape index (κ3) is 4.96. The highest BCUT2D eigenvalue weighted by Crippen LogP contribution is 2.31. The van der Waals surface area contributed by atoms with Crippen molar-refractivity contribution in [3.63, 3.8) is 0 Å². The molecule has 0 unspecified atom stereocenters. The third-order valence-corrected chi connectivity index (χ3v) is 6.35. The Balaban J connectivity index is 1.58. The molecule has 146 valence electrons. The number of hydrogen-bond donors (Lipinski definition) is 2. The SMILES string of the molecule is COc1ccc(Cl)cc1-c1nc(SCC(=O)N[C@H]2CCC[C@@H](C)[C@H]2C)n[nH]1. The summed E-state index contributed by atoms with van der Waals surface area (Å²) in [6.07, 6.45) is 3.48. The van der Waals surface area contributed by atoms with Gasteiger partial charge in [-0.3, -0.25) is 9.89 Å². The smallest absolute Gasteiger partial charge is 0.230 e. The molecule has 1 amide bonds. The van der Waals surface area contributed by atoms with Crippen molar-refractivity contribution in [2.24, 2.45) is 11.8 Å².